The molecule has 0 fully saturated rings. The van der Waals surface area contributed by atoms with Gasteiger partial charge >= 0.3 is 5.97 Å². The number of imidazole rings is 1. The molecule has 2 aromatic carbocycles. The lowest BCUT2D eigenvalue weighted by Gasteiger charge is -2.08. The van der Waals surface area contributed by atoms with Gasteiger partial charge in [-0.05, 0) is 46.3 Å². The predicted molar refractivity (Wildman–Crippen MR) is 80.7 cm³/mol. The Morgan fingerprint density at radius 2 is 2.10 bits per heavy atom. The van der Waals surface area contributed by atoms with E-state index in [-0.39, 0.29) is 5.56 Å². The number of aromatic carboxylic acids is 1. The fourth-order valence-corrected chi connectivity index (χ4v) is 2.64. The zero-order valence-corrected chi connectivity index (χ0v) is 12.4. The Hall–Kier alpha value is -1.85. The molecule has 0 atom stereocenters. The maximum absolute atomic E-state index is 11.0. The second-order valence-electron chi connectivity index (χ2n) is 4.20. The maximum atomic E-state index is 11.0. The van der Waals surface area contributed by atoms with Gasteiger partial charge in [-0.2, -0.15) is 0 Å². The van der Waals surface area contributed by atoms with Gasteiger partial charge in [0.15, 0.2) is 0 Å². The van der Waals surface area contributed by atoms with Crippen LogP contribution in [0.15, 0.2) is 47.2 Å². The largest absolute Gasteiger partial charge is 0.478 e. The summed E-state index contributed by atoms with van der Waals surface area (Å²) in [6.45, 7) is 0. The summed E-state index contributed by atoms with van der Waals surface area (Å²) in [5.41, 5.74) is 2.51. The van der Waals surface area contributed by atoms with E-state index in [1.165, 1.54) is 0 Å². The number of carboxylic acids is 1. The number of halogens is 2. The molecule has 0 saturated heterocycles. The zero-order chi connectivity index (χ0) is 14.3. The fourth-order valence-electron chi connectivity index (χ4n) is 2.02. The van der Waals surface area contributed by atoms with Gasteiger partial charge in [-0.1, -0.05) is 17.7 Å². The number of nitrogens with zero attached hydrogens (tertiary/aromatic N) is 2. The highest BCUT2D eigenvalue weighted by molar-refractivity contribution is 9.10. The molecular formula is C14H8BrClN2O2. The predicted octanol–water partition coefficient (Wildman–Crippen LogP) is 4.14. The molecule has 1 aromatic heterocycles. The Labute approximate surface area is 127 Å². The summed E-state index contributed by atoms with van der Waals surface area (Å²) in [4.78, 5) is 15.2. The molecule has 0 unspecified atom stereocenters. The third kappa shape index (κ3) is 2.09. The van der Waals surface area contributed by atoms with Crippen molar-refractivity contribution in [3.8, 4) is 5.69 Å². The van der Waals surface area contributed by atoms with E-state index >= 15 is 0 Å². The molecule has 0 saturated carbocycles. The minimum absolute atomic E-state index is 0.216. The molecule has 0 aliphatic carbocycles. The van der Waals surface area contributed by atoms with Crippen LogP contribution in [0.4, 0.5) is 0 Å². The van der Waals surface area contributed by atoms with E-state index in [4.69, 9.17) is 16.7 Å². The number of carbonyl (C=O) groups is 1. The normalized spacial score (nSPS) is 10.9. The first-order chi connectivity index (χ1) is 9.58. The average Bonchev–Trinajstić information content (AvgIpc) is 2.84. The van der Waals surface area contributed by atoms with E-state index in [1.807, 2.05) is 16.7 Å². The number of hydrogen-bond donors (Lipinski definition) is 1. The molecule has 0 aliphatic heterocycles. The first-order valence-electron chi connectivity index (χ1n) is 5.72. The first kappa shape index (κ1) is 13.1. The topological polar surface area (TPSA) is 55.1 Å². The molecule has 0 spiro atoms. The van der Waals surface area contributed by atoms with Crippen LogP contribution in [0.25, 0.3) is 16.7 Å². The van der Waals surface area contributed by atoms with Gasteiger partial charge in [-0.3, -0.25) is 4.57 Å². The molecule has 6 heteroatoms. The molecule has 0 amide bonds. The average molecular weight is 352 g/mol. The second-order valence-corrected chi connectivity index (χ2v) is 5.40. The van der Waals surface area contributed by atoms with Crippen molar-refractivity contribution < 1.29 is 9.90 Å². The van der Waals surface area contributed by atoms with Gasteiger partial charge in [0.05, 0.1) is 31.8 Å². The van der Waals surface area contributed by atoms with Crippen LogP contribution < -0.4 is 0 Å². The third-order valence-electron chi connectivity index (χ3n) is 2.98. The van der Waals surface area contributed by atoms with Gasteiger partial charge in [0.2, 0.25) is 0 Å². The van der Waals surface area contributed by atoms with Crippen molar-refractivity contribution in [3.63, 3.8) is 0 Å². The van der Waals surface area contributed by atoms with Gasteiger partial charge in [-0.15, -0.1) is 0 Å². The summed E-state index contributed by atoms with van der Waals surface area (Å²) >= 11 is 9.54. The van der Waals surface area contributed by atoms with Crippen molar-refractivity contribution in [2.45, 2.75) is 0 Å². The molecule has 0 radical (unpaired) electrons. The second kappa shape index (κ2) is 4.92. The SMILES string of the molecule is O=C(O)c1ccc2c(c1)ncn2-c1cccc(Cl)c1Br. The molecule has 100 valence electrons. The quantitative estimate of drug-likeness (QED) is 0.755. The van der Waals surface area contributed by atoms with E-state index in [1.54, 1.807) is 30.6 Å². The number of fused-ring (bicyclic) bond motifs is 1. The lowest BCUT2D eigenvalue weighted by Crippen LogP contribution is -1.97. The maximum Gasteiger partial charge on any atom is 0.335 e. The van der Waals surface area contributed by atoms with E-state index in [0.717, 1.165) is 15.7 Å². The Kier molecular flexibility index (Phi) is 3.23. The highest BCUT2D eigenvalue weighted by Crippen LogP contribution is 2.31. The standard InChI is InChI=1S/C14H8BrClN2O2/c15-13-9(16)2-1-3-12(13)18-7-17-10-6-8(14(19)20)4-5-11(10)18/h1-7H,(H,19,20). The summed E-state index contributed by atoms with van der Waals surface area (Å²) in [5.74, 6) is -0.967. The van der Waals surface area contributed by atoms with Crippen LogP contribution in [-0.2, 0) is 0 Å². The van der Waals surface area contributed by atoms with Crippen LogP contribution in [0.5, 0.6) is 0 Å². The minimum atomic E-state index is -0.967. The molecule has 4 nitrogen and oxygen atoms in total. The fraction of sp³-hybridized carbons (Fsp3) is 0. The molecule has 1 N–H and O–H groups in total. The molecule has 3 rings (SSSR count). The molecule has 20 heavy (non-hydrogen) atoms. The Bertz CT molecular complexity index is 829. The van der Waals surface area contributed by atoms with Gasteiger partial charge < -0.3 is 5.11 Å². The van der Waals surface area contributed by atoms with Crippen molar-refractivity contribution in [3.05, 3.63) is 57.8 Å². The van der Waals surface area contributed by atoms with Gasteiger partial charge in [-0.25, -0.2) is 9.78 Å². The van der Waals surface area contributed by atoms with Crippen molar-refractivity contribution in [2.24, 2.45) is 0 Å². The van der Waals surface area contributed by atoms with Crippen LogP contribution in [-0.4, -0.2) is 20.6 Å². The third-order valence-corrected chi connectivity index (χ3v) is 4.36. The summed E-state index contributed by atoms with van der Waals surface area (Å²) in [5, 5.41) is 9.59. The van der Waals surface area contributed by atoms with E-state index in [9.17, 15) is 4.79 Å². The van der Waals surface area contributed by atoms with Crippen LogP contribution in [0, 0.1) is 0 Å². The van der Waals surface area contributed by atoms with E-state index < -0.39 is 5.97 Å². The molecule has 1 heterocycles. The van der Waals surface area contributed by atoms with Gasteiger partial charge in [0, 0.05) is 0 Å². The molecule has 3 aromatic rings. The lowest BCUT2D eigenvalue weighted by molar-refractivity contribution is 0.0697. The highest BCUT2D eigenvalue weighted by atomic mass is 79.9. The monoisotopic (exact) mass is 350 g/mol. The van der Waals surface area contributed by atoms with E-state index in [2.05, 4.69) is 20.9 Å². The van der Waals surface area contributed by atoms with Crippen LogP contribution in [0.2, 0.25) is 5.02 Å². The number of aromatic nitrogens is 2. The zero-order valence-electron chi connectivity index (χ0n) is 10.0. The smallest absolute Gasteiger partial charge is 0.335 e. The summed E-state index contributed by atoms with van der Waals surface area (Å²) in [6.07, 6.45) is 1.65. The Morgan fingerprint density at radius 3 is 2.85 bits per heavy atom. The summed E-state index contributed by atoms with van der Waals surface area (Å²) in [6, 6.07) is 10.4. The minimum Gasteiger partial charge on any atom is -0.478 e. The number of hydrogen-bond acceptors (Lipinski definition) is 2. The lowest BCUT2D eigenvalue weighted by atomic mass is 10.2. The van der Waals surface area contributed by atoms with Crippen molar-refractivity contribution >= 4 is 44.5 Å². The van der Waals surface area contributed by atoms with Crippen LogP contribution in [0.1, 0.15) is 10.4 Å². The number of benzene rings is 2. The summed E-state index contributed by atoms with van der Waals surface area (Å²) < 4.78 is 2.62. The number of carboxylic acid groups (broad SMARTS) is 1. The Balaban J connectivity index is 2.23. The first-order valence-corrected chi connectivity index (χ1v) is 6.90. The summed E-state index contributed by atoms with van der Waals surface area (Å²) in [7, 11) is 0. The molecule has 0 bridgehead atoms. The van der Waals surface area contributed by atoms with Crippen molar-refractivity contribution in [2.75, 3.05) is 0 Å². The molecular weight excluding hydrogens is 344 g/mol. The van der Waals surface area contributed by atoms with Crippen molar-refractivity contribution in [1.29, 1.82) is 0 Å². The molecule has 0 aliphatic rings. The van der Waals surface area contributed by atoms with E-state index in [0.29, 0.717) is 10.5 Å². The highest BCUT2D eigenvalue weighted by Gasteiger charge is 2.11. The number of rotatable bonds is 2. The van der Waals surface area contributed by atoms with Crippen LogP contribution in [0.3, 0.4) is 0 Å². The van der Waals surface area contributed by atoms with Crippen LogP contribution >= 0.6 is 27.5 Å². The van der Waals surface area contributed by atoms with Crippen molar-refractivity contribution in [1.82, 2.24) is 9.55 Å². The van der Waals surface area contributed by atoms with Gasteiger partial charge in [0.1, 0.15) is 6.33 Å². The Morgan fingerprint density at radius 1 is 1.30 bits per heavy atom. The van der Waals surface area contributed by atoms with Gasteiger partial charge in [0.25, 0.3) is 0 Å².